The molecule has 1 amide bonds. The van der Waals surface area contributed by atoms with Crippen LogP contribution >= 0.6 is 0 Å². The first-order valence-corrected chi connectivity index (χ1v) is 27.7. The molecule has 0 bridgehead atoms. The van der Waals surface area contributed by atoms with E-state index in [2.05, 4.69) is 43.5 Å². The zero-order valence-electron chi connectivity index (χ0n) is 42.3. The molecule has 0 aromatic heterocycles. The highest BCUT2D eigenvalue weighted by Crippen LogP contribution is 2.23. The second-order valence-corrected chi connectivity index (χ2v) is 19.4. The van der Waals surface area contributed by atoms with Gasteiger partial charge >= 0.3 is 0 Å². The maximum atomic E-state index is 13.0. The summed E-state index contributed by atoms with van der Waals surface area (Å²) in [6, 6.07) is -0.820. The summed E-state index contributed by atoms with van der Waals surface area (Å²) >= 11 is 0. The monoisotopic (exact) mass is 920 g/mol. The van der Waals surface area contributed by atoms with Crippen molar-refractivity contribution in [2.75, 3.05) is 13.2 Å². The number of unbranched alkanes of at least 4 members (excludes halogenated alkanes) is 33. The average Bonchev–Trinajstić information content (AvgIpc) is 3.31. The molecule has 0 aromatic carbocycles. The molecule has 6 N–H and O–H groups in total. The van der Waals surface area contributed by atoms with Crippen LogP contribution in [0.2, 0.25) is 0 Å². The molecule has 1 fully saturated rings. The molecule has 9 nitrogen and oxygen atoms in total. The normalized spacial score (nSPS) is 20.1. The molecule has 1 rings (SSSR count). The van der Waals surface area contributed by atoms with Crippen LogP contribution in [0.25, 0.3) is 0 Å². The van der Waals surface area contributed by atoms with Crippen LogP contribution < -0.4 is 5.32 Å². The summed E-state index contributed by atoms with van der Waals surface area (Å²) in [5.74, 6) is -0.186. The third-order valence-electron chi connectivity index (χ3n) is 13.2. The number of rotatable bonds is 47. The smallest absolute Gasteiger partial charge is 0.220 e. The Morgan fingerprint density at radius 3 is 1.29 bits per heavy atom. The van der Waals surface area contributed by atoms with Crippen LogP contribution in [0.15, 0.2) is 36.5 Å². The van der Waals surface area contributed by atoms with Gasteiger partial charge in [-0.3, -0.25) is 4.79 Å². The van der Waals surface area contributed by atoms with E-state index >= 15 is 0 Å². The predicted molar refractivity (Wildman–Crippen MR) is 272 cm³/mol. The van der Waals surface area contributed by atoms with Crippen molar-refractivity contribution in [1.82, 2.24) is 5.32 Å². The van der Waals surface area contributed by atoms with Gasteiger partial charge in [0.05, 0.1) is 25.4 Å². The molecule has 0 saturated carbocycles. The highest BCUT2D eigenvalue weighted by Gasteiger charge is 2.44. The highest BCUT2D eigenvalue weighted by atomic mass is 16.7. The molecule has 1 saturated heterocycles. The van der Waals surface area contributed by atoms with Gasteiger partial charge in [-0.1, -0.05) is 230 Å². The molecule has 7 unspecified atom stereocenters. The molecule has 0 spiro atoms. The standard InChI is InChI=1S/C56H105NO8/c1-3-5-7-9-11-13-15-17-18-19-20-21-22-23-24-25-26-27-28-29-30-31-32-34-36-38-40-42-44-46-52(60)57-49(48-64-56-55(63)54(62)53(61)51(47-58)65-56)50(59)45-43-41-39-37-35-33-16-14-12-10-8-6-4-2/h23-24,35,37,43,45,49-51,53-56,58-59,61-63H,3-22,25-34,36,38-42,44,46-48H2,1-2H3,(H,57,60)/b24-23-,37-35+,45-43+. The van der Waals surface area contributed by atoms with Gasteiger partial charge in [-0.15, -0.1) is 0 Å². The van der Waals surface area contributed by atoms with Gasteiger partial charge in [0.25, 0.3) is 0 Å². The van der Waals surface area contributed by atoms with Crippen LogP contribution in [0.1, 0.15) is 258 Å². The predicted octanol–water partition coefficient (Wildman–Crippen LogP) is 13.2. The Labute approximate surface area is 400 Å². The largest absolute Gasteiger partial charge is 0.394 e. The Morgan fingerprint density at radius 2 is 0.877 bits per heavy atom. The number of aliphatic hydroxyl groups excluding tert-OH is 5. The maximum absolute atomic E-state index is 13.0. The molecule has 0 radical (unpaired) electrons. The number of aliphatic hydroxyl groups is 5. The Kier molecular flexibility index (Phi) is 43.6. The average molecular weight is 920 g/mol. The van der Waals surface area contributed by atoms with Crippen molar-refractivity contribution < 1.29 is 39.8 Å². The first-order chi connectivity index (χ1) is 31.8. The van der Waals surface area contributed by atoms with Crippen molar-refractivity contribution in [3.8, 4) is 0 Å². The minimum absolute atomic E-state index is 0.186. The van der Waals surface area contributed by atoms with E-state index in [1.807, 2.05) is 6.08 Å². The number of allylic oxidation sites excluding steroid dienone is 5. The number of hydrogen-bond donors (Lipinski definition) is 6. The van der Waals surface area contributed by atoms with Gasteiger partial charge in [0.15, 0.2) is 6.29 Å². The van der Waals surface area contributed by atoms with E-state index in [1.165, 1.54) is 199 Å². The van der Waals surface area contributed by atoms with E-state index < -0.39 is 49.5 Å². The fourth-order valence-electron chi connectivity index (χ4n) is 8.76. The van der Waals surface area contributed by atoms with Crippen LogP contribution in [-0.2, 0) is 14.3 Å². The van der Waals surface area contributed by atoms with Crippen molar-refractivity contribution in [3.63, 3.8) is 0 Å². The van der Waals surface area contributed by atoms with Crippen molar-refractivity contribution >= 4 is 5.91 Å². The van der Waals surface area contributed by atoms with E-state index in [4.69, 9.17) is 9.47 Å². The lowest BCUT2D eigenvalue weighted by Crippen LogP contribution is -2.60. The minimum Gasteiger partial charge on any atom is -0.394 e. The number of ether oxygens (including phenoxy) is 2. The van der Waals surface area contributed by atoms with Crippen LogP contribution in [0.4, 0.5) is 0 Å². The van der Waals surface area contributed by atoms with Gasteiger partial charge in [-0.05, 0) is 57.8 Å². The first-order valence-electron chi connectivity index (χ1n) is 27.7. The number of hydrogen-bond acceptors (Lipinski definition) is 8. The fourth-order valence-corrected chi connectivity index (χ4v) is 8.76. The molecule has 65 heavy (non-hydrogen) atoms. The fraction of sp³-hybridized carbons (Fsp3) is 0.875. The number of carbonyl (C=O) groups excluding carboxylic acids is 1. The van der Waals surface area contributed by atoms with Crippen LogP contribution in [-0.4, -0.2) is 87.5 Å². The number of carbonyl (C=O) groups is 1. The van der Waals surface area contributed by atoms with Crippen molar-refractivity contribution in [2.45, 2.75) is 301 Å². The Morgan fingerprint density at radius 1 is 0.508 bits per heavy atom. The van der Waals surface area contributed by atoms with Crippen molar-refractivity contribution in [1.29, 1.82) is 0 Å². The van der Waals surface area contributed by atoms with E-state index in [0.717, 1.165) is 38.5 Å². The van der Waals surface area contributed by atoms with E-state index in [-0.39, 0.29) is 12.5 Å². The third kappa shape index (κ3) is 36.1. The topological polar surface area (TPSA) is 149 Å². The van der Waals surface area contributed by atoms with E-state index in [9.17, 15) is 30.3 Å². The van der Waals surface area contributed by atoms with Gasteiger partial charge in [-0.25, -0.2) is 0 Å². The molecule has 1 aliphatic heterocycles. The number of amides is 1. The quantitative estimate of drug-likeness (QED) is 0.0261. The summed E-state index contributed by atoms with van der Waals surface area (Å²) in [5, 5.41) is 54.3. The Hall–Kier alpha value is -1.59. The summed E-state index contributed by atoms with van der Waals surface area (Å²) in [4.78, 5) is 13.0. The van der Waals surface area contributed by atoms with Crippen molar-refractivity contribution in [3.05, 3.63) is 36.5 Å². The van der Waals surface area contributed by atoms with Gasteiger partial charge in [0.1, 0.15) is 24.4 Å². The van der Waals surface area contributed by atoms with Gasteiger partial charge in [-0.2, -0.15) is 0 Å². The van der Waals surface area contributed by atoms with Gasteiger partial charge < -0.3 is 40.3 Å². The molecular weight excluding hydrogens is 815 g/mol. The summed E-state index contributed by atoms with van der Waals surface area (Å²) in [6.07, 6.45) is 52.2. The molecular formula is C56H105NO8. The summed E-state index contributed by atoms with van der Waals surface area (Å²) in [7, 11) is 0. The lowest BCUT2D eigenvalue weighted by molar-refractivity contribution is -0.302. The van der Waals surface area contributed by atoms with Crippen LogP contribution in [0, 0.1) is 0 Å². The molecule has 0 aromatic rings. The molecule has 1 heterocycles. The molecule has 382 valence electrons. The van der Waals surface area contributed by atoms with E-state index in [1.54, 1.807) is 6.08 Å². The first kappa shape index (κ1) is 61.4. The van der Waals surface area contributed by atoms with Gasteiger partial charge in [0, 0.05) is 6.42 Å². The zero-order chi connectivity index (χ0) is 47.3. The SMILES string of the molecule is CCCCCCCCC/C=C/CC/C=C/C(O)C(COC1OC(CO)C(O)C(O)C1O)NC(=O)CCCCCCCCCCCCCCC/C=C\CCCCCCCCCCCCCC. The van der Waals surface area contributed by atoms with E-state index in [0.29, 0.717) is 6.42 Å². The number of nitrogens with one attached hydrogen (secondary N) is 1. The molecule has 0 aliphatic carbocycles. The summed E-state index contributed by atoms with van der Waals surface area (Å²) in [5.41, 5.74) is 0. The summed E-state index contributed by atoms with van der Waals surface area (Å²) in [6.45, 7) is 3.76. The highest BCUT2D eigenvalue weighted by molar-refractivity contribution is 5.76. The molecule has 1 aliphatic rings. The van der Waals surface area contributed by atoms with Crippen LogP contribution in [0.3, 0.4) is 0 Å². The maximum Gasteiger partial charge on any atom is 0.220 e. The Balaban J connectivity index is 2.17. The molecule has 9 heteroatoms. The lowest BCUT2D eigenvalue weighted by atomic mass is 9.99. The van der Waals surface area contributed by atoms with Gasteiger partial charge in [0.2, 0.25) is 5.91 Å². The molecule has 7 atom stereocenters. The minimum atomic E-state index is -1.57. The second-order valence-electron chi connectivity index (χ2n) is 19.4. The van der Waals surface area contributed by atoms with Crippen LogP contribution in [0.5, 0.6) is 0 Å². The van der Waals surface area contributed by atoms with Crippen molar-refractivity contribution in [2.24, 2.45) is 0 Å². The lowest BCUT2D eigenvalue weighted by Gasteiger charge is -2.40. The third-order valence-corrected chi connectivity index (χ3v) is 13.2. The Bertz CT molecular complexity index is 1110. The second kappa shape index (κ2) is 46.2. The zero-order valence-corrected chi connectivity index (χ0v) is 42.3. The summed E-state index contributed by atoms with van der Waals surface area (Å²) < 4.78 is 11.2.